The van der Waals surface area contributed by atoms with Crippen LogP contribution in [0.5, 0.6) is 11.5 Å². The Labute approximate surface area is 182 Å². The van der Waals surface area contributed by atoms with Gasteiger partial charge in [-0.2, -0.15) is 0 Å². The number of carbonyl (C=O) groups excluding carboxylic acids is 4. The van der Waals surface area contributed by atoms with Crippen LogP contribution in [0.2, 0.25) is 0 Å². The molecule has 1 aliphatic carbocycles. The Balaban J connectivity index is 1.53. The monoisotopic (exact) mass is 431 g/mol. The number of phenolic OH excluding ortho intramolecular Hbond substituents is 2. The summed E-state index contributed by atoms with van der Waals surface area (Å²) in [4.78, 5) is 48.2. The van der Waals surface area contributed by atoms with Gasteiger partial charge in [-0.3, -0.25) is 19.2 Å². The van der Waals surface area contributed by atoms with Crippen LogP contribution in [-0.2, 0) is 27.4 Å². The number of rotatable bonds is 6. The number of ketones is 2. The molecule has 3 aromatic rings. The highest BCUT2D eigenvalue weighted by Crippen LogP contribution is 2.40. The number of anilines is 1. The molecule has 0 atom stereocenters. The molecule has 0 unspecified atom stereocenters. The van der Waals surface area contributed by atoms with Crippen molar-refractivity contribution in [3.05, 3.63) is 88.0 Å². The van der Waals surface area contributed by atoms with Gasteiger partial charge in [0.2, 0.25) is 6.41 Å². The number of amides is 1. The molecule has 1 aliphatic rings. The second-order valence-corrected chi connectivity index (χ2v) is 7.15. The maximum Gasteiger partial charge on any atom is 0.310 e. The number of nitrogens with one attached hydrogen (secondary N) is 1. The second kappa shape index (κ2) is 8.35. The summed E-state index contributed by atoms with van der Waals surface area (Å²) < 4.78 is 5.19. The zero-order chi connectivity index (χ0) is 22.8. The molecule has 0 fully saturated rings. The van der Waals surface area contributed by atoms with Gasteiger partial charge in [0.25, 0.3) is 0 Å². The predicted octanol–water partition coefficient (Wildman–Crippen LogP) is 2.73. The lowest BCUT2D eigenvalue weighted by molar-refractivity contribution is -0.144. The van der Waals surface area contributed by atoms with Gasteiger partial charge in [0.1, 0.15) is 18.1 Å². The molecular weight excluding hydrogens is 414 g/mol. The summed E-state index contributed by atoms with van der Waals surface area (Å²) in [6.07, 6.45) is 0.477. The van der Waals surface area contributed by atoms with E-state index in [1.807, 2.05) is 0 Å². The maximum atomic E-state index is 12.9. The predicted molar refractivity (Wildman–Crippen MR) is 113 cm³/mol. The Bertz CT molecular complexity index is 1260. The fourth-order valence-corrected chi connectivity index (χ4v) is 3.58. The van der Waals surface area contributed by atoms with Gasteiger partial charge in [-0.15, -0.1) is 0 Å². The van der Waals surface area contributed by atoms with Gasteiger partial charge in [-0.1, -0.05) is 36.4 Å². The first-order valence-corrected chi connectivity index (χ1v) is 9.61. The molecule has 0 radical (unpaired) electrons. The molecule has 0 aliphatic heterocycles. The lowest BCUT2D eigenvalue weighted by atomic mass is 9.82. The third-order valence-corrected chi connectivity index (χ3v) is 5.15. The molecule has 160 valence electrons. The molecule has 0 bridgehead atoms. The van der Waals surface area contributed by atoms with Crippen molar-refractivity contribution in [1.29, 1.82) is 0 Å². The highest BCUT2D eigenvalue weighted by molar-refractivity contribution is 6.30. The lowest BCUT2D eigenvalue weighted by Gasteiger charge is -2.21. The molecule has 8 heteroatoms. The minimum Gasteiger partial charge on any atom is -0.507 e. The van der Waals surface area contributed by atoms with E-state index in [-0.39, 0.29) is 34.2 Å². The van der Waals surface area contributed by atoms with Crippen LogP contribution in [0.4, 0.5) is 5.69 Å². The molecule has 0 aromatic heterocycles. The Morgan fingerprint density at radius 3 is 2.19 bits per heavy atom. The lowest BCUT2D eigenvalue weighted by Crippen LogP contribution is -2.21. The average Bonchev–Trinajstić information content (AvgIpc) is 2.79. The standard InChI is InChI=1S/C24H17NO7/c26-12-25-15-7-5-13(6-8-15)9-19(28)32-11-14-10-18(27)20-21(22(14)29)24(31)17-4-2-1-3-16(17)23(20)30/h1-8,10,12,27,29H,9,11H2,(H,25,26). The van der Waals surface area contributed by atoms with E-state index in [1.165, 1.54) is 12.1 Å². The van der Waals surface area contributed by atoms with Crippen LogP contribution in [-0.4, -0.2) is 34.2 Å². The molecule has 4 rings (SSSR count). The first-order valence-electron chi connectivity index (χ1n) is 9.61. The van der Waals surface area contributed by atoms with Crippen molar-refractivity contribution >= 4 is 29.6 Å². The molecule has 1 amide bonds. The summed E-state index contributed by atoms with van der Waals surface area (Å²) in [6, 6.07) is 13.8. The molecule has 8 nitrogen and oxygen atoms in total. The summed E-state index contributed by atoms with van der Waals surface area (Å²) in [5, 5.41) is 23.5. The topological polar surface area (TPSA) is 130 Å². The molecule has 3 N–H and O–H groups in total. The van der Waals surface area contributed by atoms with Gasteiger partial charge in [0.15, 0.2) is 11.6 Å². The molecule has 0 spiro atoms. The zero-order valence-electron chi connectivity index (χ0n) is 16.6. The summed E-state index contributed by atoms with van der Waals surface area (Å²) in [7, 11) is 0. The van der Waals surface area contributed by atoms with Crippen LogP contribution in [0.15, 0.2) is 54.6 Å². The average molecular weight is 431 g/mol. The molecule has 0 heterocycles. The second-order valence-electron chi connectivity index (χ2n) is 7.15. The Kier molecular flexibility index (Phi) is 5.43. The summed E-state index contributed by atoms with van der Waals surface area (Å²) in [5.74, 6) is -2.76. The number of fused-ring (bicyclic) bond motifs is 2. The molecule has 3 aromatic carbocycles. The quantitative estimate of drug-likeness (QED) is 0.243. The van der Waals surface area contributed by atoms with Gasteiger partial charge < -0.3 is 20.3 Å². The van der Waals surface area contributed by atoms with Gasteiger partial charge in [0, 0.05) is 22.4 Å². The molecule has 32 heavy (non-hydrogen) atoms. The van der Waals surface area contributed by atoms with Crippen LogP contribution in [0.1, 0.15) is 43.0 Å². The van der Waals surface area contributed by atoms with E-state index in [0.29, 0.717) is 17.7 Å². The van der Waals surface area contributed by atoms with Gasteiger partial charge in [-0.25, -0.2) is 0 Å². The van der Waals surface area contributed by atoms with E-state index in [0.717, 1.165) is 6.07 Å². The SMILES string of the molecule is O=CNc1ccc(CC(=O)OCc2cc(O)c3c(c2O)C(=O)c2ccccc2C3=O)cc1. The van der Waals surface area contributed by atoms with Crippen molar-refractivity contribution in [1.82, 2.24) is 0 Å². The number of hydrogen-bond acceptors (Lipinski definition) is 7. The van der Waals surface area contributed by atoms with Crippen molar-refractivity contribution in [2.24, 2.45) is 0 Å². The van der Waals surface area contributed by atoms with Gasteiger partial charge in [-0.05, 0) is 23.8 Å². The Hall–Kier alpha value is -4.46. The number of esters is 1. The van der Waals surface area contributed by atoms with Crippen LogP contribution in [0, 0.1) is 0 Å². The number of phenols is 2. The fourth-order valence-electron chi connectivity index (χ4n) is 3.58. The minimum atomic E-state index is -0.606. The summed E-state index contributed by atoms with van der Waals surface area (Å²) in [6.45, 7) is -0.403. The number of carbonyl (C=O) groups is 4. The van der Waals surface area contributed by atoms with E-state index in [9.17, 15) is 29.4 Å². The summed E-state index contributed by atoms with van der Waals surface area (Å²) in [5.41, 5.74) is 0.910. The van der Waals surface area contributed by atoms with E-state index >= 15 is 0 Å². The van der Waals surface area contributed by atoms with Crippen molar-refractivity contribution in [2.75, 3.05) is 5.32 Å². The normalized spacial score (nSPS) is 12.0. The Morgan fingerprint density at radius 2 is 1.56 bits per heavy atom. The molecule has 0 saturated carbocycles. The minimum absolute atomic E-state index is 0.000613. The van der Waals surface area contributed by atoms with Crippen molar-refractivity contribution < 1.29 is 34.1 Å². The first kappa shape index (κ1) is 20.8. The van der Waals surface area contributed by atoms with Crippen molar-refractivity contribution in [3.8, 4) is 11.5 Å². The zero-order valence-corrected chi connectivity index (χ0v) is 16.6. The van der Waals surface area contributed by atoms with Gasteiger partial charge >= 0.3 is 5.97 Å². The van der Waals surface area contributed by atoms with Crippen LogP contribution < -0.4 is 5.32 Å². The van der Waals surface area contributed by atoms with E-state index in [4.69, 9.17) is 4.74 Å². The number of hydrogen-bond donors (Lipinski definition) is 3. The van der Waals surface area contributed by atoms with E-state index in [2.05, 4.69) is 5.32 Å². The van der Waals surface area contributed by atoms with Crippen LogP contribution >= 0.6 is 0 Å². The molecular formula is C24H17NO7. The van der Waals surface area contributed by atoms with Crippen LogP contribution in [0.3, 0.4) is 0 Å². The number of ether oxygens (including phenoxy) is 1. The largest absolute Gasteiger partial charge is 0.507 e. The van der Waals surface area contributed by atoms with Crippen LogP contribution in [0.25, 0.3) is 0 Å². The maximum absolute atomic E-state index is 12.9. The number of benzene rings is 3. The number of aromatic hydroxyl groups is 2. The summed E-state index contributed by atoms with van der Waals surface area (Å²) >= 11 is 0. The fraction of sp³-hybridized carbons (Fsp3) is 0.0833. The molecule has 0 saturated heterocycles. The Morgan fingerprint density at radius 1 is 0.938 bits per heavy atom. The van der Waals surface area contributed by atoms with Crippen molar-refractivity contribution in [3.63, 3.8) is 0 Å². The highest BCUT2D eigenvalue weighted by atomic mass is 16.5. The smallest absolute Gasteiger partial charge is 0.310 e. The van der Waals surface area contributed by atoms with E-state index < -0.39 is 35.6 Å². The third kappa shape index (κ3) is 3.69. The van der Waals surface area contributed by atoms with Crippen molar-refractivity contribution in [2.45, 2.75) is 13.0 Å². The highest BCUT2D eigenvalue weighted by Gasteiger charge is 2.35. The third-order valence-electron chi connectivity index (χ3n) is 5.15. The first-order chi connectivity index (χ1) is 15.4. The van der Waals surface area contributed by atoms with Gasteiger partial charge in [0.05, 0.1) is 17.5 Å². The van der Waals surface area contributed by atoms with E-state index in [1.54, 1.807) is 36.4 Å².